The number of hydrogen-bond acceptors (Lipinski definition) is 5. The quantitative estimate of drug-likeness (QED) is 0.858. The lowest BCUT2D eigenvalue weighted by Crippen LogP contribution is -2.38. The predicted molar refractivity (Wildman–Crippen MR) is 85.1 cm³/mol. The van der Waals surface area contributed by atoms with E-state index < -0.39 is 21.0 Å². The van der Waals surface area contributed by atoms with Crippen molar-refractivity contribution in [1.82, 2.24) is 5.32 Å². The number of hydrogen-bond donors (Lipinski definition) is 1. The van der Waals surface area contributed by atoms with Crippen molar-refractivity contribution in [2.24, 2.45) is 0 Å². The molecule has 0 aliphatic rings. The third-order valence-electron chi connectivity index (χ3n) is 3.61. The molecule has 0 radical (unpaired) electrons. The fourth-order valence-corrected chi connectivity index (χ4v) is 2.52. The molecule has 0 unspecified atom stereocenters. The van der Waals surface area contributed by atoms with Gasteiger partial charge < -0.3 is 14.8 Å². The minimum Gasteiger partial charge on any atom is -0.493 e. The number of benzene rings is 1. The highest BCUT2D eigenvalue weighted by Gasteiger charge is 2.25. The molecule has 0 saturated heterocycles. The fourth-order valence-electron chi connectivity index (χ4n) is 2.07. The lowest BCUT2D eigenvalue weighted by atomic mass is 10.0. The molecule has 1 amide bonds. The number of amides is 1. The molecule has 0 spiro atoms. The zero-order chi connectivity index (χ0) is 17.1. The minimum absolute atomic E-state index is 0.350. The zero-order valence-electron chi connectivity index (χ0n) is 13.8. The second-order valence-corrected chi connectivity index (χ2v) is 7.63. The summed E-state index contributed by atoms with van der Waals surface area (Å²) in [5.41, 5.74) is 1.75. The van der Waals surface area contributed by atoms with Gasteiger partial charge in [-0.2, -0.15) is 0 Å². The van der Waals surface area contributed by atoms with Gasteiger partial charge in [-0.3, -0.25) is 4.79 Å². The van der Waals surface area contributed by atoms with Crippen molar-refractivity contribution in [1.29, 1.82) is 0 Å². The second kappa shape index (κ2) is 7.00. The Morgan fingerprint density at radius 2 is 1.64 bits per heavy atom. The molecular weight excluding hydrogens is 306 g/mol. The monoisotopic (exact) mass is 329 g/mol. The van der Waals surface area contributed by atoms with Gasteiger partial charge in [0.15, 0.2) is 21.3 Å². The van der Waals surface area contributed by atoms with Gasteiger partial charge in [0.25, 0.3) is 0 Å². The Balaban J connectivity index is 3.04. The Bertz CT molecular complexity index is 654. The molecule has 0 saturated carbocycles. The first kappa shape index (κ1) is 18.3. The van der Waals surface area contributed by atoms with Crippen molar-refractivity contribution in [2.45, 2.75) is 32.1 Å². The van der Waals surface area contributed by atoms with Crippen molar-refractivity contribution in [3.8, 4) is 11.5 Å². The number of aryl methyl sites for hydroxylation is 1. The van der Waals surface area contributed by atoms with Crippen LogP contribution in [0.4, 0.5) is 0 Å². The van der Waals surface area contributed by atoms with E-state index in [4.69, 9.17) is 9.47 Å². The molecule has 0 aromatic heterocycles. The largest absolute Gasteiger partial charge is 0.493 e. The SMILES string of the molecule is COc1cc(C)c([C@H](C)NC(=O)[C@@H](C)S(C)(=O)=O)cc1OC. The van der Waals surface area contributed by atoms with Gasteiger partial charge in [0.05, 0.1) is 20.3 Å². The maximum absolute atomic E-state index is 12.0. The second-order valence-electron chi connectivity index (χ2n) is 5.27. The van der Waals surface area contributed by atoms with Crippen molar-refractivity contribution in [3.63, 3.8) is 0 Å². The molecule has 124 valence electrons. The Morgan fingerprint density at radius 1 is 1.14 bits per heavy atom. The summed E-state index contributed by atoms with van der Waals surface area (Å²) in [5.74, 6) is 0.635. The molecule has 0 fully saturated rings. The zero-order valence-corrected chi connectivity index (χ0v) is 14.6. The topological polar surface area (TPSA) is 81.7 Å². The third-order valence-corrected chi connectivity index (χ3v) is 5.11. The van der Waals surface area contributed by atoms with Crippen molar-refractivity contribution < 1.29 is 22.7 Å². The maximum Gasteiger partial charge on any atom is 0.238 e. The van der Waals surface area contributed by atoms with Crippen molar-refractivity contribution >= 4 is 15.7 Å². The highest BCUT2D eigenvalue weighted by Crippen LogP contribution is 2.32. The van der Waals surface area contributed by atoms with Gasteiger partial charge in [0.2, 0.25) is 5.91 Å². The van der Waals surface area contributed by atoms with E-state index in [0.717, 1.165) is 17.4 Å². The molecule has 1 aromatic carbocycles. The number of ether oxygens (including phenoxy) is 2. The third kappa shape index (κ3) is 4.13. The average Bonchev–Trinajstić information content (AvgIpc) is 2.44. The van der Waals surface area contributed by atoms with Gasteiger partial charge in [-0.05, 0) is 44.0 Å². The summed E-state index contributed by atoms with van der Waals surface area (Å²) in [4.78, 5) is 12.0. The van der Waals surface area contributed by atoms with Gasteiger partial charge in [0, 0.05) is 6.26 Å². The Morgan fingerprint density at radius 3 is 2.09 bits per heavy atom. The molecule has 0 heterocycles. The van der Waals surface area contributed by atoms with Gasteiger partial charge in [-0.25, -0.2) is 8.42 Å². The van der Waals surface area contributed by atoms with E-state index in [-0.39, 0.29) is 6.04 Å². The van der Waals surface area contributed by atoms with Gasteiger partial charge in [0.1, 0.15) is 5.25 Å². The molecular formula is C15H23NO5S. The normalized spacial score (nSPS) is 14.1. The number of sulfone groups is 1. The Kier molecular flexibility index (Phi) is 5.82. The van der Waals surface area contributed by atoms with Crippen molar-refractivity contribution in [2.75, 3.05) is 20.5 Å². The van der Waals surface area contributed by atoms with Crippen LogP contribution in [-0.2, 0) is 14.6 Å². The fraction of sp³-hybridized carbons (Fsp3) is 0.533. The number of rotatable bonds is 6. The molecule has 6 nitrogen and oxygen atoms in total. The van der Waals surface area contributed by atoms with Crippen LogP contribution in [0.1, 0.15) is 31.0 Å². The van der Waals surface area contributed by atoms with E-state index in [2.05, 4.69) is 5.32 Å². The molecule has 22 heavy (non-hydrogen) atoms. The van der Waals surface area contributed by atoms with Crippen LogP contribution in [0.5, 0.6) is 11.5 Å². The van der Waals surface area contributed by atoms with Gasteiger partial charge >= 0.3 is 0 Å². The molecule has 0 bridgehead atoms. The minimum atomic E-state index is -3.42. The molecule has 1 rings (SSSR count). The molecule has 2 atom stereocenters. The first-order valence-corrected chi connectivity index (χ1v) is 8.79. The van der Waals surface area contributed by atoms with Crippen LogP contribution in [0, 0.1) is 6.92 Å². The van der Waals surface area contributed by atoms with Gasteiger partial charge in [-0.15, -0.1) is 0 Å². The highest BCUT2D eigenvalue weighted by molar-refractivity contribution is 7.92. The smallest absolute Gasteiger partial charge is 0.238 e. The molecule has 1 N–H and O–H groups in total. The highest BCUT2D eigenvalue weighted by atomic mass is 32.2. The molecule has 0 aliphatic carbocycles. The number of methoxy groups -OCH3 is 2. The van der Waals surface area contributed by atoms with Crippen LogP contribution in [0.15, 0.2) is 12.1 Å². The molecule has 7 heteroatoms. The number of carbonyl (C=O) groups is 1. The summed E-state index contributed by atoms with van der Waals surface area (Å²) in [6.45, 7) is 5.06. The van der Waals surface area contributed by atoms with E-state index in [1.165, 1.54) is 14.0 Å². The lowest BCUT2D eigenvalue weighted by Gasteiger charge is -2.20. The van der Waals surface area contributed by atoms with Crippen LogP contribution in [0.2, 0.25) is 0 Å². The summed E-state index contributed by atoms with van der Waals surface area (Å²) in [7, 11) is -0.335. The predicted octanol–water partition coefficient (Wildman–Crippen LogP) is 1.62. The van der Waals surface area contributed by atoms with Crippen LogP contribution >= 0.6 is 0 Å². The lowest BCUT2D eigenvalue weighted by molar-refractivity contribution is -0.121. The summed E-state index contributed by atoms with van der Waals surface area (Å²) in [6.07, 6.45) is 1.05. The van der Waals surface area contributed by atoms with Crippen LogP contribution in [0.25, 0.3) is 0 Å². The summed E-state index contributed by atoms with van der Waals surface area (Å²) < 4.78 is 33.4. The molecule has 0 aliphatic heterocycles. The average molecular weight is 329 g/mol. The summed E-state index contributed by atoms with van der Waals surface area (Å²) in [6, 6.07) is 3.25. The van der Waals surface area contributed by atoms with Crippen LogP contribution in [-0.4, -0.2) is 40.1 Å². The number of carbonyl (C=O) groups excluding carboxylic acids is 1. The first-order chi connectivity index (χ1) is 10.1. The maximum atomic E-state index is 12.0. The van der Waals surface area contributed by atoms with E-state index in [1.807, 2.05) is 13.0 Å². The Labute approximate surface area is 131 Å². The van der Waals surface area contributed by atoms with Crippen molar-refractivity contribution in [3.05, 3.63) is 23.3 Å². The van der Waals surface area contributed by atoms with E-state index in [0.29, 0.717) is 11.5 Å². The van der Waals surface area contributed by atoms with Gasteiger partial charge in [-0.1, -0.05) is 0 Å². The van der Waals surface area contributed by atoms with Crippen LogP contribution < -0.4 is 14.8 Å². The molecule has 1 aromatic rings. The van der Waals surface area contributed by atoms with Crippen LogP contribution in [0.3, 0.4) is 0 Å². The standard InChI is InChI=1S/C15H23NO5S/c1-9-7-13(20-4)14(21-5)8-12(9)10(2)16-15(17)11(3)22(6,18)19/h7-8,10-11H,1-6H3,(H,16,17)/t10-,11+/m0/s1. The summed E-state index contributed by atoms with van der Waals surface area (Å²) >= 11 is 0. The van der Waals surface area contributed by atoms with E-state index in [9.17, 15) is 13.2 Å². The van der Waals surface area contributed by atoms with E-state index >= 15 is 0 Å². The first-order valence-electron chi connectivity index (χ1n) is 6.83. The van der Waals surface area contributed by atoms with E-state index in [1.54, 1.807) is 20.1 Å². The summed E-state index contributed by atoms with van der Waals surface area (Å²) in [5, 5.41) is 1.63. The Hall–Kier alpha value is -1.76. The number of nitrogens with one attached hydrogen (secondary N) is 1.